The summed E-state index contributed by atoms with van der Waals surface area (Å²) < 4.78 is 1.08. The number of hydrogen-bond acceptors (Lipinski definition) is 3. The Balaban J connectivity index is 1.92. The molecule has 0 radical (unpaired) electrons. The quantitative estimate of drug-likeness (QED) is 0.926. The van der Waals surface area contributed by atoms with Crippen LogP contribution in [0.4, 0.5) is 0 Å². The van der Waals surface area contributed by atoms with Gasteiger partial charge in [0.05, 0.1) is 12.1 Å². The molecule has 0 amide bonds. The minimum atomic E-state index is -0.194. The van der Waals surface area contributed by atoms with E-state index < -0.39 is 0 Å². The highest BCUT2D eigenvalue weighted by atomic mass is 79.9. The molecule has 4 heteroatoms. The fraction of sp³-hybridized carbons (Fsp3) is 0.235. The zero-order chi connectivity index (χ0) is 14.9. The van der Waals surface area contributed by atoms with Crippen LogP contribution in [-0.4, -0.2) is 17.4 Å². The average molecular weight is 344 g/mol. The van der Waals surface area contributed by atoms with E-state index >= 15 is 0 Å². The summed E-state index contributed by atoms with van der Waals surface area (Å²) in [5.41, 5.74) is 8.41. The van der Waals surface area contributed by atoms with Gasteiger partial charge in [-0.3, -0.25) is 4.99 Å². The first-order valence-corrected chi connectivity index (χ1v) is 7.76. The number of hydrogen-bond donors (Lipinski definition) is 1. The predicted molar refractivity (Wildman–Crippen MR) is 90.0 cm³/mol. The first-order chi connectivity index (χ1) is 10.1. The maximum Gasteiger partial charge on any atom is 0.192 e. The standard InChI is InChI=1S/C17H18BrN3/c1-17(14-7-9-15(18)10-8-14)12-20-16(19)21(17)11-13-5-3-2-4-6-13/h2-10H,11-12H2,1H3,(H2,19,20). The van der Waals surface area contributed by atoms with E-state index in [2.05, 4.69) is 81.3 Å². The molecule has 3 nitrogen and oxygen atoms in total. The molecular weight excluding hydrogens is 326 g/mol. The molecule has 21 heavy (non-hydrogen) atoms. The SMILES string of the molecule is CC1(c2ccc(Br)cc2)CN=C(N)N1Cc1ccccc1. The zero-order valence-corrected chi connectivity index (χ0v) is 13.5. The van der Waals surface area contributed by atoms with Crippen LogP contribution in [0, 0.1) is 0 Å². The van der Waals surface area contributed by atoms with E-state index in [9.17, 15) is 0 Å². The van der Waals surface area contributed by atoms with Gasteiger partial charge in [-0.2, -0.15) is 0 Å². The maximum atomic E-state index is 6.14. The summed E-state index contributed by atoms with van der Waals surface area (Å²) in [6.45, 7) is 3.65. The van der Waals surface area contributed by atoms with Gasteiger partial charge in [-0.15, -0.1) is 0 Å². The largest absolute Gasteiger partial charge is 0.370 e. The van der Waals surface area contributed by atoms with Gasteiger partial charge >= 0.3 is 0 Å². The Hall–Kier alpha value is -1.81. The van der Waals surface area contributed by atoms with Crippen molar-refractivity contribution in [3.8, 4) is 0 Å². The molecule has 0 spiro atoms. The van der Waals surface area contributed by atoms with Crippen LogP contribution in [0.15, 0.2) is 64.1 Å². The third kappa shape index (κ3) is 2.68. The van der Waals surface area contributed by atoms with Crippen molar-refractivity contribution in [2.45, 2.75) is 19.0 Å². The molecule has 2 aromatic carbocycles. The highest BCUT2D eigenvalue weighted by molar-refractivity contribution is 9.10. The van der Waals surface area contributed by atoms with Crippen molar-refractivity contribution < 1.29 is 0 Å². The Morgan fingerprint density at radius 2 is 1.81 bits per heavy atom. The molecular formula is C17H18BrN3. The second-order valence-electron chi connectivity index (χ2n) is 5.53. The minimum Gasteiger partial charge on any atom is -0.370 e. The third-order valence-corrected chi connectivity index (χ3v) is 4.60. The molecule has 0 aliphatic carbocycles. The number of benzene rings is 2. The molecule has 2 N–H and O–H groups in total. The van der Waals surface area contributed by atoms with Gasteiger partial charge < -0.3 is 10.6 Å². The molecule has 1 aliphatic heterocycles. The molecule has 0 saturated carbocycles. The number of halogens is 1. The van der Waals surface area contributed by atoms with E-state index in [-0.39, 0.29) is 5.54 Å². The number of rotatable bonds is 3. The highest BCUT2D eigenvalue weighted by Crippen LogP contribution is 2.34. The molecule has 1 aliphatic rings. The van der Waals surface area contributed by atoms with Gasteiger partial charge in [0.2, 0.25) is 0 Å². The lowest BCUT2D eigenvalue weighted by atomic mass is 9.91. The molecule has 2 aromatic rings. The lowest BCUT2D eigenvalue weighted by Gasteiger charge is -2.36. The summed E-state index contributed by atoms with van der Waals surface area (Å²) in [4.78, 5) is 6.66. The van der Waals surface area contributed by atoms with Crippen molar-refractivity contribution in [1.82, 2.24) is 4.90 Å². The highest BCUT2D eigenvalue weighted by Gasteiger charge is 2.39. The van der Waals surface area contributed by atoms with Gasteiger partial charge in [-0.05, 0) is 30.2 Å². The molecule has 1 unspecified atom stereocenters. The van der Waals surface area contributed by atoms with Crippen molar-refractivity contribution in [1.29, 1.82) is 0 Å². The van der Waals surface area contributed by atoms with E-state index in [0.29, 0.717) is 12.5 Å². The fourth-order valence-corrected chi connectivity index (χ4v) is 3.00. The van der Waals surface area contributed by atoms with E-state index in [4.69, 9.17) is 5.73 Å². The van der Waals surface area contributed by atoms with Gasteiger partial charge in [0.25, 0.3) is 0 Å². The van der Waals surface area contributed by atoms with Gasteiger partial charge in [-0.1, -0.05) is 58.4 Å². The maximum absolute atomic E-state index is 6.14. The summed E-state index contributed by atoms with van der Waals surface area (Å²) in [7, 11) is 0. The van der Waals surface area contributed by atoms with Crippen LogP contribution >= 0.6 is 15.9 Å². The number of nitrogens with zero attached hydrogens (tertiary/aromatic N) is 2. The summed E-state index contributed by atoms with van der Waals surface area (Å²) in [6.07, 6.45) is 0. The molecule has 0 aromatic heterocycles. The molecule has 0 bridgehead atoms. The molecule has 1 heterocycles. The van der Waals surface area contributed by atoms with E-state index in [1.807, 2.05) is 6.07 Å². The third-order valence-electron chi connectivity index (χ3n) is 4.07. The Bertz CT molecular complexity index is 651. The van der Waals surface area contributed by atoms with Crippen molar-refractivity contribution in [3.05, 3.63) is 70.2 Å². The van der Waals surface area contributed by atoms with Crippen LogP contribution in [0.25, 0.3) is 0 Å². The van der Waals surface area contributed by atoms with Crippen LogP contribution in [-0.2, 0) is 12.1 Å². The van der Waals surface area contributed by atoms with E-state index in [0.717, 1.165) is 11.0 Å². The minimum absolute atomic E-state index is 0.194. The predicted octanol–water partition coefficient (Wildman–Crippen LogP) is 3.49. The number of nitrogens with two attached hydrogens (primary N) is 1. The van der Waals surface area contributed by atoms with Gasteiger partial charge in [-0.25, -0.2) is 0 Å². The summed E-state index contributed by atoms with van der Waals surface area (Å²) in [6, 6.07) is 18.8. The topological polar surface area (TPSA) is 41.6 Å². The average Bonchev–Trinajstić information content (AvgIpc) is 2.78. The lowest BCUT2D eigenvalue weighted by Crippen LogP contribution is -2.46. The molecule has 3 rings (SSSR count). The summed E-state index contributed by atoms with van der Waals surface area (Å²) >= 11 is 3.49. The van der Waals surface area contributed by atoms with Crippen molar-refractivity contribution >= 4 is 21.9 Å². The van der Waals surface area contributed by atoms with Crippen LogP contribution < -0.4 is 5.73 Å². The van der Waals surface area contributed by atoms with Crippen molar-refractivity contribution in [2.75, 3.05) is 6.54 Å². The molecule has 108 valence electrons. The van der Waals surface area contributed by atoms with Gasteiger partial charge in [0.1, 0.15) is 0 Å². The summed E-state index contributed by atoms with van der Waals surface area (Å²) in [5, 5.41) is 0. The molecule has 1 atom stereocenters. The first kappa shape index (κ1) is 14.1. The van der Waals surface area contributed by atoms with Gasteiger partial charge in [0, 0.05) is 11.0 Å². The van der Waals surface area contributed by atoms with E-state index in [1.54, 1.807) is 0 Å². The second kappa shape index (κ2) is 5.53. The normalized spacial score (nSPS) is 21.4. The van der Waals surface area contributed by atoms with Crippen LogP contribution in [0.5, 0.6) is 0 Å². The number of aliphatic imine (C=N–C) groups is 1. The number of guanidine groups is 1. The first-order valence-electron chi connectivity index (χ1n) is 6.97. The van der Waals surface area contributed by atoms with Crippen LogP contribution in [0.2, 0.25) is 0 Å². The Morgan fingerprint density at radius 3 is 2.48 bits per heavy atom. The smallest absolute Gasteiger partial charge is 0.192 e. The Morgan fingerprint density at radius 1 is 1.14 bits per heavy atom. The Kier molecular flexibility index (Phi) is 3.72. The van der Waals surface area contributed by atoms with Gasteiger partial charge in [0.15, 0.2) is 5.96 Å². The fourth-order valence-electron chi connectivity index (χ4n) is 2.74. The zero-order valence-electron chi connectivity index (χ0n) is 12.0. The van der Waals surface area contributed by atoms with E-state index in [1.165, 1.54) is 11.1 Å². The second-order valence-corrected chi connectivity index (χ2v) is 6.44. The molecule has 0 saturated heterocycles. The monoisotopic (exact) mass is 343 g/mol. The van der Waals surface area contributed by atoms with Crippen molar-refractivity contribution in [3.63, 3.8) is 0 Å². The summed E-state index contributed by atoms with van der Waals surface area (Å²) in [5.74, 6) is 0.615. The lowest BCUT2D eigenvalue weighted by molar-refractivity contribution is 0.217. The van der Waals surface area contributed by atoms with Crippen LogP contribution in [0.3, 0.4) is 0 Å². The Labute approximate surface area is 133 Å². The molecule has 0 fully saturated rings. The van der Waals surface area contributed by atoms with Crippen molar-refractivity contribution in [2.24, 2.45) is 10.7 Å². The van der Waals surface area contributed by atoms with Crippen LogP contribution in [0.1, 0.15) is 18.1 Å².